The number of benzene rings is 1. The van der Waals surface area contributed by atoms with Crippen LogP contribution in [0.1, 0.15) is 43.1 Å². The first kappa shape index (κ1) is 25.4. The van der Waals surface area contributed by atoms with Crippen molar-refractivity contribution in [1.29, 1.82) is 0 Å². The zero-order valence-electron chi connectivity index (χ0n) is 18.5. The standard InChI is InChI=1S/C23H29N3O7/c1-2-21(28)26-20(23(30)31)7-8-22(29)25-10-9-16-3-5-18(6-4-16)32-13-17-11-19(33-14-17)12-24-15-27/h3-6,11,14-15,20H,2,7-10,12-13H2,1H3,(H,24,27)(H,25,29)(H,26,28)(H,30,31)/t20-/m1/s1. The molecule has 0 aliphatic carbocycles. The highest BCUT2D eigenvalue weighted by molar-refractivity contribution is 5.84. The van der Waals surface area contributed by atoms with Crippen molar-refractivity contribution in [3.05, 3.63) is 53.5 Å². The third-order valence-electron chi connectivity index (χ3n) is 4.75. The summed E-state index contributed by atoms with van der Waals surface area (Å²) < 4.78 is 11.0. The number of carboxylic acids is 1. The maximum atomic E-state index is 12.0. The minimum absolute atomic E-state index is 0.00860. The van der Waals surface area contributed by atoms with Crippen molar-refractivity contribution in [2.45, 2.75) is 51.8 Å². The molecule has 0 bridgehead atoms. The number of furan rings is 1. The highest BCUT2D eigenvalue weighted by atomic mass is 16.5. The molecule has 0 aliphatic rings. The van der Waals surface area contributed by atoms with Gasteiger partial charge in [0.25, 0.3) is 0 Å². The van der Waals surface area contributed by atoms with Gasteiger partial charge in [-0.05, 0) is 36.6 Å². The first-order chi connectivity index (χ1) is 15.9. The fourth-order valence-corrected chi connectivity index (χ4v) is 2.92. The fourth-order valence-electron chi connectivity index (χ4n) is 2.92. The minimum atomic E-state index is -1.16. The van der Waals surface area contributed by atoms with Crippen molar-refractivity contribution in [2.75, 3.05) is 6.54 Å². The van der Waals surface area contributed by atoms with Crippen LogP contribution in [0.4, 0.5) is 0 Å². The van der Waals surface area contributed by atoms with Gasteiger partial charge in [0.1, 0.15) is 24.2 Å². The Morgan fingerprint density at radius 3 is 2.58 bits per heavy atom. The normalized spacial score (nSPS) is 11.3. The lowest BCUT2D eigenvalue weighted by Crippen LogP contribution is -2.41. The van der Waals surface area contributed by atoms with Gasteiger partial charge in [0, 0.05) is 24.9 Å². The molecule has 0 unspecified atom stereocenters. The Bertz CT molecular complexity index is 924. The van der Waals surface area contributed by atoms with E-state index >= 15 is 0 Å². The van der Waals surface area contributed by atoms with E-state index in [1.54, 1.807) is 13.2 Å². The number of carboxylic acid groups (broad SMARTS) is 1. The molecule has 2 aromatic rings. The van der Waals surface area contributed by atoms with Crippen LogP contribution in [0.2, 0.25) is 0 Å². The second-order valence-electron chi connectivity index (χ2n) is 7.30. The molecular formula is C23H29N3O7. The predicted octanol–water partition coefficient (Wildman–Crippen LogP) is 1.52. The first-order valence-electron chi connectivity index (χ1n) is 10.6. The van der Waals surface area contributed by atoms with Crippen LogP contribution in [0.5, 0.6) is 5.75 Å². The number of hydrogen-bond acceptors (Lipinski definition) is 6. The Morgan fingerprint density at radius 1 is 1.15 bits per heavy atom. The molecule has 2 rings (SSSR count). The van der Waals surface area contributed by atoms with E-state index in [-0.39, 0.29) is 31.1 Å². The summed E-state index contributed by atoms with van der Waals surface area (Å²) in [5.74, 6) is -0.464. The van der Waals surface area contributed by atoms with Gasteiger partial charge in [0.05, 0.1) is 12.8 Å². The highest BCUT2D eigenvalue weighted by Gasteiger charge is 2.20. The lowest BCUT2D eigenvalue weighted by Gasteiger charge is -2.13. The van der Waals surface area contributed by atoms with Gasteiger partial charge in [-0.3, -0.25) is 14.4 Å². The van der Waals surface area contributed by atoms with E-state index in [1.165, 1.54) is 0 Å². The van der Waals surface area contributed by atoms with E-state index in [0.29, 0.717) is 44.0 Å². The van der Waals surface area contributed by atoms with Gasteiger partial charge in [-0.2, -0.15) is 0 Å². The van der Waals surface area contributed by atoms with Gasteiger partial charge in [0.15, 0.2) is 0 Å². The zero-order chi connectivity index (χ0) is 24.1. The second-order valence-corrected chi connectivity index (χ2v) is 7.30. The first-order valence-corrected chi connectivity index (χ1v) is 10.6. The summed E-state index contributed by atoms with van der Waals surface area (Å²) in [7, 11) is 0. The fraction of sp³-hybridized carbons (Fsp3) is 0.391. The maximum absolute atomic E-state index is 12.0. The van der Waals surface area contributed by atoms with Gasteiger partial charge in [-0.1, -0.05) is 19.1 Å². The van der Waals surface area contributed by atoms with E-state index in [9.17, 15) is 19.2 Å². The molecule has 178 valence electrons. The summed E-state index contributed by atoms with van der Waals surface area (Å²) in [5.41, 5.74) is 1.86. The van der Waals surface area contributed by atoms with Crippen LogP contribution in [-0.2, 0) is 38.8 Å². The minimum Gasteiger partial charge on any atom is -0.489 e. The third kappa shape index (κ3) is 9.46. The summed E-state index contributed by atoms with van der Waals surface area (Å²) in [6.45, 7) is 2.69. The summed E-state index contributed by atoms with van der Waals surface area (Å²) >= 11 is 0. The summed E-state index contributed by atoms with van der Waals surface area (Å²) in [5, 5.41) is 16.8. The van der Waals surface area contributed by atoms with Crippen molar-refractivity contribution in [3.8, 4) is 5.75 Å². The zero-order valence-corrected chi connectivity index (χ0v) is 18.5. The number of nitrogens with one attached hydrogen (secondary N) is 3. The van der Waals surface area contributed by atoms with Crippen molar-refractivity contribution < 1.29 is 33.4 Å². The molecule has 0 fully saturated rings. The van der Waals surface area contributed by atoms with Crippen LogP contribution in [0.15, 0.2) is 41.0 Å². The van der Waals surface area contributed by atoms with Gasteiger partial charge in [-0.15, -0.1) is 0 Å². The summed E-state index contributed by atoms with van der Waals surface area (Å²) in [4.78, 5) is 44.8. The molecule has 10 heteroatoms. The second kappa shape index (κ2) is 13.6. The van der Waals surface area contributed by atoms with E-state index in [2.05, 4.69) is 16.0 Å². The van der Waals surface area contributed by atoms with Crippen molar-refractivity contribution in [2.24, 2.45) is 0 Å². The average Bonchev–Trinajstić information content (AvgIpc) is 3.27. The summed E-state index contributed by atoms with van der Waals surface area (Å²) in [6, 6.07) is 8.20. The van der Waals surface area contributed by atoms with Gasteiger partial charge in [0.2, 0.25) is 18.2 Å². The molecule has 0 spiro atoms. The Morgan fingerprint density at radius 2 is 1.91 bits per heavy atom. The number of ether oxygens (including phenoxy) is 1. The molecule has 3 amide bonds. The number of carbonyl (C=O) groups excluding carboxylic acids is 3. The Balaban J connectivity index is 1.68. The molecule has 1 heterocycles. The molecule has 0 saturated heterocycles. The van der Waals surface area contributed by atoms with Crippen LogP contribution in [0.3, 0.4) is 0 Å². The molecule has 1 atom stereocenters. The Hall–Kier alpha value is -3.82. The van der Waals surface area contributed by atoms with Crippen LogP contribution < -0.4 is 20.7 Å². The van der Waals surface area contributed by atoms with Crippen LogP contribution in [0.25, 0.3) is 0 Å². The molecule has 10 nitrogen and oxygen atoms in total. The van der Waals surface area contributed by atoms with Crippen molar-refractivity contribution in [1.82, 2.24) is 16.0 Å². The van der Waals surface area contributed by atoms with E-state index in [4.69, 9.17) is 14.3 Å². The quantitative estimate of drug-likeness (QED) is 0.295. The smallest absolute Gasteiger partial charge is 0.326 e. The number of aliphatic carboxylic acids is 1. The molecular weight excluding hydrogens is 430 g/mol. The predicted molar refractivity (Wildman–Crippen MR) is 118 cm³/mol. The van der Waals surface area contributed by atoms with Crippen molar-refractivity contribution >= 4 is 24.2 Å². The van der Waals surface area contributed by atoms with E-state index < -0.39 is 12.0 Å². The third-order valence-corrected chi connectivity index (χ3v) is 4.75. The molecule has 0 radical (unpaired) electrons. The van der Waals surface area contributed by atoms with Crippen LogP contribution >= 0.6 is 0 Å². The van der Waals surface area contributed by atoms with E-state index in [0.717, 1.165) is 11.1 Å². The SMILES string of the molecule is CCC(=O)N[C@H](CCC(=O)NCCc1ccc(OCc2coc(CNC=O)c2)cc1)C(=O)O. The average molecular weight is 459 g/mol. The Kier molecular flexibility index (Phi) is 10.5. The van der Waals surface area contributed by atoms with Crippen LogP contribution in [-0.4, -0.2) is 41.9 Å². The summed E-state index contributed by atoms with van der Waals surface area (Å²) in [6.07, 6.45) is 3.02. The lowest BCUT2D eigenvalue weighted by molar-refractivity contribution is -0.142. The van der Waals surface area contributed by atoms with Crippen LogP contribution in [0, 0.1) is 0 Å². The molecule has 4 N–H and O–H groups in total. The van der Waals surface area contributed by atoms with Crippen molar-refractivity contribution in [3.63, 3.8) is 0 Å². The number of rotatable bonds is 15. The molecule has 33 heavy (non-hydrogen) atoms. The topological polar surface area (TPSA) is 147 Å². The molecule has 0 aliphatic heterocycles. The van der Waals surface area contributed by atoms with E-state index in [1.807, 2.05) is 30.3 Å². The van der Waals surface area contributed by atoms with Gasteiger partial charge >= 0.3 is 5.97 Å². The number of carbonyl (C=O) groups is 4. The number of amides is 3. The lowest BCUT2D eigenvalue weighted by atomic mass is 10.1. The largest absolute Gasteiger partial charge is 0.489 e. The molecule has 1 aromatic heterocycles. The molecule has 0 saturated carbocycles. The Labute approximate surface area is 191 Å². The maximum Gasteiger partial charge on any atom is 0.326 e. The number of hydrogen-bond donors (Lipinski definition) is 4. The van der Waals surface area contributed by atoms with Gasteiger partial charge < -0.3 is 30.2 Å². The monoisotopic (exact) mass is 459 g/mol. The molecule has 1 aromatic carbocycles. The van der Waals surface area contributed by atoms with Gasteiger partial charge in [-0.25, -0.2) is 4.79 Å². The highest BCUT2D eigenvalue weighted by Crippen LogP contribution is 2.16.